The predicted octanol–water partition coefficient (Wildman–Crippen LogP) is -0.888. The highest BCUT2D eigenvalue weighted by atomic mass is 16.4. The third-order valence-corrected chi connectivity index (χ3v) is 1.82. The van der Waals surface area contributed by atoms with Crippen molar-refractivity contribution in [1.82, 2.24) is 10.6 Å². The third-order valence-electron chi connectivity index (χ3n) is 1.82. The summed E-state index contributed by atoms with van der Waals surface area (Å²) in [6.07, 6.45) is 0.350. The van der Waals surface area contributed by atoms with Gasteiger partial charge in [-0.05, 0) is 13.5 Å². The maximum absolute atomic E-state index is 10.7. The van der Waals surface area contributed by atoms with E-state index in [4.69, 9.17) is 10.2 Å². The molecule has 0 fully saturated rings. The van der Waals surface area contributed by atoms with Crippen LogP contribution in [0.5, 0.6) is 0 Å². The van der Waals surface area contributed by atoms with Crippen LogP contribution >= 0.6 is 0 Å². The maximum Gasteiger partial charge on any atom is 0.322 e. The highest BCUT2D eigenvalue weighted by Crippen LogP contribution is 1.94. The molecule has 0 radical (unpaired) electrons. The van der Waals surface area contributed by atoms with Crippen LogP contribution in [0.1, 0.15) is 13.3 Å². The van der Waals surface area contributed by atoms with Crippen molar-refractivity contribution in [3.63, 3.8) is 0 Å². The molecule has 0 amide bonds. The van der Waals surface area contributed by atoms with Crippen LogP contribution in [0.3, 0.4) is 0 Å². The largest absolute Gasteiger partial charge is 0.480 e. The molecule has 0 bridgehead atoms. The number of carbonyl (C=O) groups is 2. The number of rotatable bonds is 7. The SMILES string of the molecule is CC[C@H](NC(CNC)C(=O)O)C(=O)O. The topological polar surface area (TPSA) is 98.7 Å². The molecule has 0 heterocycles. The number of hydrogen-bond acceptors (Lipinski definition) is 4. The number of hydrogen-bond donors (Lipinski definition) is 4. The van der Waals surface area contributed by atoms with Crippen molar-refractivity contribution in [1.29, 1.82) is 0 Å². The van der Waals surface area contributed by atoms with Crippen molar-refractivity contribution in [2.75, 3.05) is 13.6 Å². The van der Waals surface area contributed by atoms with Crippen molar-refractivity contribution in [3.05, 3.63) is 0 Å². The molecule has 1 unspecified atom stereocenters. The van der Waals surface area contributed by atoms with Gasteiger partial charge in [0.25, 0.3) is 0 Å². The summed E-state index contributed by atoms with van der Waals surface area (Å²) in [6, 6.07) is -1.69. The summed E-state index contributed by atoms with van der Waals surface area (Å²) in [7, 11) is 1.61. The lowest BCUT2D eigenvalue weighted by atomic mass is 10.2. The molecule has 6 heteroatoms. The minimum absolute atomic E-state index is 0.194. The number of carboxylic acid groups (broad SMARTS) is 2. The molecule has 0 rings (SSSR count). The van der Waals surface area contributed by atoms with E-state index in [2.05, 4.69) is 10.6 Å². The lowest BCUT2D eigenvalue weighted by molar-refractivity contribution is -0.142. The summed E-state index contributed by atoms with van der Waals surface area (Å²) < 4.78 is 0. The second-order valence-corrected chi connectivity index (χ2v) is 2.91. The van der Waals surface area contributed by atoms with Crippen LogP contribution in [-0.2, 0) is 9.59 Å². The Balaban J connectivity index is 4.25. The zero-order chi connectivity index (χ0) is 11.1. The van der Waals surface area contributed by atoms with E-state index in [0.717, 1.165) is 0 Å². The van der Waals surface area contributed by atoms with E-state index in [-0.39, 0.29) is 6.54 Å². The normalized spacial score (nSPS) is 14.7. The molecule has 4 N–H and O–H groups in total. The summed E-state index contributed by atoms with van der Waals surface area (Å²) in [5.74, 6) is -2.09. The Bertz CT molecular complexity index is 208. The lowest BCUT2D eigenvalue weighted by Crippen LogP contribution is -2.50. The Kier molecular flexibility index (Phi) is 5.82. The quantitative estimate of drug-likeness (QED) is 0.429. The number of nitrogens with one attached hydrogen (secondary N) is 2. The molecule has 2 atom stereocenters. The molecular weight excluding hydrogens is 188 g/mol. The van der Waals surface area contributed by atoms with Gasteiger partial charge in [-0.25, -0.2) is 0 Å². The molecule has 14 heavy (non-hydrogen) atoms. The molecule has 0 saturated heterocycles. The molecule has 0 aliphatic carbocycles. The van der Waals surface area contributed by atoms with Gasteiger partial charge >= 0.3 is 11.9 Å². The van der Waals surface area contributed by atoms with Crippen molar-refractivity contribution in [3.8, 4) is 0 Å². The van der Waals surface area contributed by atoms with Gasteiger partial charge in [0.15, 0.2) is 0 Å². The summed E-state index contributed by atoms with van der Waals surface area (Å²) >= 11 is 0. The zero-order valence-electron chi connectivity index (χ0n) is 8.28. The van der Waals surface area contributed by atoms with Crippen LogP contribution in [0.4, 0.5) is 0 Å². The highest BCUT2D eigenvalue weighted by Gasteiger charge is 2.23. The van der Waals surface area contributed by atoms with E-state index < -0.39 is 24.0 Å². The van der Waals surface area contributed by atoms with Crippen molar-refractivity contribution in [2.24, 2.45) is 0 Å². The minimum Gasteiger partial charge on any atom is -0.480 e. The monoisotopic (exact) mass is 204 g/mol. The first-order chi connectivity index (χ1) is 6.52. The molecule has 0 aromatic rings. The fourth-order valence-electron chi connectivity index (χ4n) is 1.03. The van der Waals surface area contributed by atoms with E-state index >= 15 is 0 Å². The van der Waals surface area contributed by atoms with Crippen LogP contribution in [0.15, 0.2) is 0 Å². The summed E-state index contributed by atoms with van der Waals surface area (Å²) in [6.45, 7) is 1.88. The zero-order valence-corrected chi connectivity index (χ0v) is 8.28. The highest BCUT2D eigenvalue weighted by molar-refractivity contribution is 5.77. The lowest BCUT2D eigenvalue weighted by Gasteiger charge is -2.18. The summed E-state index contributed by atoms with van der Waals surface area (Å²) in [4.78, 5) is 21.3. The maximum atomic E-state index is 10.7. The van der Waals surface area contributed by atoms with E-state index in [9.17, 15) is 9.59 Å². The number of carboxylic acids is 2. The van der Waals surface area contributed by atoms with Crippen LogP contribution in [0.25, 0.3) is 0 Å². The van der Waals surface area contributed by atoms with Crippen molar-refractivity contribution < 1.29 is 19.8 Å². The van der Waals surface area contributed by atoms with Gasteiger partial charge in [0.1, 0.15) is 12.1 Å². The van der Waals surface area contributed by atoms with Gasteiger partial charge in [0.05, 0.1) is 0 Å². The predicted molar refractivity (Wildman–Crippen MR) is 50.2 cm³/mol. The van der Waals surface area contributed by atoms with Crippen LogP contribution < -0.4 is 10.6 Å². The molecule has 0 spiro atoms. The number of likely N-dealkylation sites (N-methyl/N-ethyl adjacent to an activating group) is 1. The van der Waals surface area contributed by atoms with Gasteiger partial charge in [-0.15, -0.1) is 0 Å². The first-order valence-corrected chi connectivity index (χ1v) is 4.39. The molecular formula is C8H16N2O4. The average Bonchev–Trinajstić information content (AvgIpc) is 2.11. The van der Waals surface area contributed by atoms with E-state index in [1.54, 1.807) is 14.0 Å². The molecule has 0 aromatic heterocycles. The Labute approximate surface area is 82.3 Å². The van der Waals surface area contributed by atoms with Gasteiger partial charge in [0.2, 0.25) is 0 Å². The first kappa shape index (κ1) is 12.9. The summed E-state index contributed by atoms with van der Waals surface area (Å²) in [5.41, 5.74) is 0. The van der Waals surface area contributed by atoms with Crippen LogP contribution in [-0.4, -0.2) is 47.8 Å². The van der Waals surface area contributed by atoms with Gasteiger partial charge in [-0.2, -0.15) is 0 Å². The molecule has 6 nitrogen and oxygen atoms in total. The van der Waals surface area contributed by atoms with E-state index in [1.165, 1.54) is 0 Å². The molecule has 0 aliphatic rings. The Morgan fingerprint density at radius 3 is 2.00 bits per heavy atom. The Morgan fingerprint density at radius 2 is 1.71 bits per heavy atom. The van der Waals surface area contributed by atoms with E-state index in [0.29, 0.717) is 6.42 Å². The van der Waals surface area contributed by atoms with Crippen molar-refractivity contribution >= 4 is 11.9 Å². The Morgan fingerprint density at radius 1 is 1.21 bits per heavy atom. The van der Waals surface area contributed by atoms with Crippen LogP contribution in [0.2, 0.25) is 0 Å². The first-order valence-electron chi connectivity index (χ1n) is 4.39. The van der Waals surface area contributed by atoms with Gasteiger partial charge in [0, 0.05) is 6.54 Å². The molecule has 82 valence electrons. The fourth-order valence-corrected chi connectivity index (χ4v) is 1.03. The average molecular weight is 204 g/mol. The van der Waals surface area contributed by atoms with Crippen LogP contribution in [0, 0.1) is 0 Å². The van der Waals surface area contributed by atoms with Crippen molar-refractivity contribution in [2.45, 2.75) is 25.4 Å². The standard InChI is InChI=1S/C8H16N2O4/c1-3-5(7(11)12)10-6(4-9-2)8(13)14/h5-6,9-10H,3-4H2,1-2H3,(H,11,12)(H,13,14)/t5-,6?/m0/s1. The Hall–Kier alpha value is -1.14. The fraction of sp³-hybridized carbons (Fsp3) is 0.750. The minimum atomic E-state index is -1.06. The smallest absolute Gasteiger partial charge is 0.322 e. The van der Waals surface area contributed by atoms with Gasteiger partial charge in [-0.3, -0.25) is 14.9 Å². The second kappa shape index (κ2) is 6.33. The molecule has 0 aliphatic heterocycles. The van der Waals surface area contributed by atoms with Gasteiger partial charge < -0.3 is 15.5 Å². The second-order valence-electron chi connectivity index (χ2n) is 2.91. The summed E-state index contributed by atoms with van der Waals surface area (Å²) in [5, 5.41) is 22.7. The van der Waals surface area contributed by atoms with Gasteiger partial charge in [-0.1, -0.05) is 6.92 Å². The molecule has 0 saturated carbocycles. The molecule has 0 aromatic carbocycles. The van der Waals surface area contributed by atoms with E-state index in [1.807, 2.05) is 0 Å². The third kappa shape index (κ3) is 4.20. The number of aliphatic carboxylic acids is 2.